The molecule has 1 unspecified atom stereocenters. The lowest BCUT2D eigenvalue weighted by Gasteiger charge is -2.27. The summed E-state index contributed by atoms with van der Waals surface area (Å²) in [6.45, 7) is 2.64. The Hall–Kier alpha value is -0.170. The summed E-state index contributed by atoms with van der Waals surface area (Å²) >= 11 is 0. The van der Waals surface area contributed by atoms with Crippen molar-refractivity contribution >= 4 is 10.0 Å². The molecule has 1 heterocycles. The zero-order valence-corrected chi connectivity index (χ0v) is 10.9. The third-order valence-electron chi connectivity index (χ3n) is 2.93. The van der Waals surface area contributed by atoms with Crippen molar-refractivity contribution in [2.24, 2.45) is 0 Å². The summed E-state index contributed by atoms with van der Waals surface area (Å²) in [6, 6.07) is 0. The maximum atomic E-state index is 12.1. The van der Waals surface area contributed by atoms with Gasteiger partial charge in [-0.25, -0.2) is 12.7 Å². The molecular weight excluding hydrogens is 228 g/mol. The second kappa shape index (κ2) is 6.54. The fraction of sp³-hybridized carbons (Fsp3) is 1.00. The lowest BCUT2D eigenvalue weighted by molar-refractivity contribution is 0.189. The van der Waals surface area contributed by atoms with E-state index in [-0.39, 0.29) is 5.25 Å². The molecule has 1 rings (SSSR count). The van der Waals surface area contributed by atoms with E-state index in [1.165, 1.54) is 4.31 Å². The molecule has 1 N–H and O–H groups in total. The van der Waals surface area contributed by atoms with Crippen LogP contribution in [0.3, 0.4) is 0 Å². The first-order chi connectivity index (χ1) is 7.59. The maximum absolute atomic E-state index is 12.1. The van der Waals surface area contributed by atoms with Gasteiger partial charge >= 0.3 is 0 Å². The summed E-state index contributed by atoms with van der Waals surface area (Å²) in [5.74, 6) is 0. The van der Waals surface area contributed by atoms with Gasteiger partial charge in [0, 0.05) is 33.9 Å². The summed E-state index contributed by atoms with van der Waals surface area (Å²) in [4.78, 5) is 0. The van der Waals surface area contributed by atoms with Crippen LogP contribution in [-0.4, -0.2) is 58.4 Å². The molecule has 1 fully saturated rings. The highest BCUT2D eigenvalue weighted by Gasteiger charge is 2.30. The summed E-state index contributed by atoms with van der Waals surface area (Å²) in [6.07, 6.45) is 2.45. The number of hydrogen-bond donors (Lipinski definition) is 1. The molecule has 0 aromatic heterocycles. The van der Waals surface area contributed by atoms with Gasteiger partial charge in [0.05, 0.1) is 5.25 Å². The van der Waals surface area contributed by atoms with Crippen LogP contribution >= 0.6 is 0 Å². The predicted molar refractivity (Wildman–Crippen MR) is 63.9 cm³/mol. The van der Waals surface area contributed by atoms with Crippen LogP contribution in [0, 0.1) is 0 Å². The minimum Gasteiger partial charge on any atom is -0.385 e. The number of sulfonamides is 1. The lowest BCUT2D eigenvalue weighted by Crippen LogP contribution is -2.45. The third kappa shape index (κ3) is 3.69. The van der Waals surface area contributed by atoms with Crippen LogP contribution in [0.2, 0.25) is 0 Å². The number of hydrogen-bond acceptors (Lipinski definition) is 4. The molecule has 0 bridgehead atoms. The lowest BCUT2D eigenvalue weighted by atomic mass is 10.2. The van der Waals surface area contributed by atoms with Gasteiger partial charge in [0.15, 0.2) is 0 Å². The van der Waals surface area contributed by atoms with E-state index < -0.39 is 10.0 Å². The molecule has 16 heavy (non-hydrogen) atoms. The number of nitrogens with one attached hydrogen (secondary N) is 1. The van der Waals surface area contributed by atoms with Crippen molar-refractivity contribution in [3.05, 3.63) is 0 Å². The van der Waals surface area contributed by atoms with Gasteiger partial charge in [0.2, 0.25) is 10.0 Å². The monoisotopic (exact) mass is 250 g/mol. The Morgan fingerprint density at radius 3 is 2.81 bits per heavy atom. The number of piperidine rings is 1. The molecule has 96 valence electrons. The van der Waals surface area contributed by atoms with E-state index in [1.807, 2.05) is 0 Å². The van der Waals surface area contributed by atoms with Gasteiger partial charge < -0.3 is 10.1 Å². The molecule has 0 aromatic rings. The average Bonchev–Trinajstić information content (AvgIpc) is 2.30. The summed E-state index contributed by atoms with van der Waals surface area (Å²) in [7, 11) is 0.150. The predicted octanol–water partition coefficient (Wildman–Crippen LogP) is 0.0365. The minimum absolute atomic E-state index is 0.256. The zero-order chi connectivity index (χ0) is 12.0. The molecule has 1 aliphatic heterocycles. The van der Waals surface area contributed by atoms with Crippen molar-refractivity contribution in [2.45, 2.75) is 24.5 Å². The third-order valence-corrected chi connectivity index (χ3v) is 5.23. The van der Waals surface area contributed by atoms with Gasteiger partial charge in [-0.1, -0.05) is 0 Å². The highest BCUT2D eigenvalue weighted by Crippen LogP contribution is 2.15. The van der Waals surface area contributed by atoms with Crippen molar-refractivity contribution in [1.29, 1.82) is 0 Å². The van der Waals surface area contributed by atoms with E-state index >= 15 is 0 Å². The molecule has 0 amide bonds. The van der Waals surface area contributed by atoms with Crippen LogP contribution in [0.4, 0.5) is 0 Å². The van der Waals surface area contributed by atoms with E-state index in [2.05, 4.69) is 5.32 Å². The van der Waals surface area contributed by atoms with Gasteiger partial charge in [-0.2, -0.15) is 0 Å². The first-order valence-electron chi connectivity index (χ1n) is 5.74. The van der Waals surface area contributed by atoms with Crippen LogP contribution < -0.4 is 5.32 Å². The normalized spacial score (nSPS) is 22.6. The van der Waals surface area contributed by atoms with E-state index in [1.54, 1.807) is 14.2 Å². The molecule has 0 aromatic carbocycles. The summed E-state index contributed by atoms with van der Waals surface area (Å²) in [5, 5.41) is 2.88. The second-order valence-corrected chi connectivity index (χ2v) is 6.50. The molecule has 0 radical (unpaired) electrons. The van der Waals surface area contributed by atoms with Crippen LogP contribution in [0.15, 0.2) is 0 Å². The molecule has 1 atom stereocenters. The highest BCUT2D eigenvalue weighted by atomic mass is 32.2. The van der Waals surface area contributed by atoms with Crippen molar-refractivity contribution < 1.29 is 13.2 Å². The quantitative estimate of drug-likeness (QED) is 0.676. The van der Waals surface area contributed by atoms with Crippen LogP contribution in [0.1, 0.15) is 19.3 Å². The molecule has 0 spiro atoms. The molecule has 5 nitrogen and oxygen atoms in total. The average molecular weight is 250 g/mol. The first kappa shape index (κ1) is 13.9. The number of nitrogens with zero attached hydrogens (tertiary/aromatic N) is 1. The summed E-state index contributed by atoms with van der Waals surface area (Å²) < 4.78 is 30.6. The van der Waals surface area contributed by atoms with Gasteiger partial charge in [-0.05, 0) is 25.8 Å². The maximum Gasteiger partial charge on any atom is 0.217 e. The van der Waals surface area contributed by atoms with Crippen molar-refractivity contribution in [1.82, 2.24) is 9.62 Å². The smallest absolute Gasteiger partial charge is 0.217 e. The molecule has 1 saturated heterocycles. The standard InChI is InChI=1S/C10H22N2O3S/c1-12(7-4-8-15-2)16(13,14)10-5-3-6-11-9-10/h10-11H,3-9H2,1-2H3. The molecule has 6 heteroatoms. The largest absolute Gasteiger partial charge is 0.385 e. The summed E-state index contributed by atoms with van der Waals surface area (Å²) in [5.41, 5.74) is 0. The Bertz CT molecular complexity index is 286. The van der Waals surface area contributed by atoms with E-state index in [4.69, 9.17) is 4.74 Å². The number of rotatable bonds is 6. The van der Waals surface area contributed by atoms with Crippen molar-refractivity contribution in [3.63, 3.8) is 0 Å². The number of methoxy groups -OCH3 is 1. The van der Waals surface area contributed by atoms with Gasteiger partial charge in [-0.3, -0.25) is 0 Å². The second-order valence-electron chi connectivity index (χ2n) is 4.18. The van der Waals surface area contributed by atoms with Crippen molar-refractivity contribution in [3.8, 4) is 0 Å². The number of ether oxygens (including phenoxy) is 1. The first-order valence-corrected chi connectivity index (χ1v) is 7.24. The van der Waals surface area contributed by atoms with Crippen LogP contribution in [0.25, 0.3) is 0 Å². The molecule has 1 aliphatic rings. The Labute approximate surface area is 98.2 Å². The SMILES string of the molecule is COCCCN(C)S(=O)(=O)C1CCCNC1. The van der Waals surface area contributed by atoms with E-state index in [0.29, 0.717) is 19.7 Å². The van der Waals surface area contributed by atoms with Gasteiger partial charge in [0.1, 0.15) is 0 Å². The Kier molecular flexibility index (Phi) is 5.68. The fourth-order valence-corrected chi connectivity index (χ4v) is 3.57. The Morgan fingerprint density at radius 1 is 1.50 bits per heavy atom. The Balaban J connectivity index is 2.47. The fourth-order valence-electron chi connectivity index (χ4n) is 1.89. The van der Waals surface area contributed by atoms with Gasteiger partial charge in [0.25, 0.3) is 0 Å². The highest BCUT2D eigenvalue weighted by molar-refractivity contribution is 7.89. The molecular formula is C10H22N2O3S. The van der Waals surface area contributed by atoms with E-state index in [0.717, 1.165) is 25.8 Å². The molecule has 0 aliphatic carbocycles. The molecule has 0 saturated carbocycles. The Morgan fingerprint density at radius 2 is 2.25 bits per heavy atom. The van der Waals surface area contributed by atoms with Crippen molar-refractivity contribution in [2.75, 3.05) is 40.4 Å². The van der Waals surface area contributed by atoms with Gasteiger partial charge in [-0.15, -0.1) is 0 Å². The topological polar surface area (TPSA) is 58.6 Å². The van der Waals surface area contributed by atoms with Crippen LogP contribution in [-0.2, 0) is 14.8 Å². The van der Waals surface area contributed by atoms with Crippen LogP contribution in [0.5, 0.6) is 0 Å². The minimum atomic E-state index is -3.13. The van der Waals surface area contributed by atoms with E-state index in [9.17, 15) is 8.42 Å². The zero-order valence-electron chi connectivity index (χ0n) is 10.1.